The van der Waals surface area contributed by atoms with Crippen molar-refractivity contribution in [3.8, 4) is 5.75 Å². The number of rotatable bonds is 10. The molecule has 0 atom stereocenters. The van der Waals surface area contributed by atoms with E-state index in [0.717, 1.165) is 41.6 Å². The van der Waals surface area contributed by atoms with Gasteiger partial charge in [0.25, 0.3) is 5.91 Å². The molecule has 30 heavy (non-hydrogen) atoms. The number of carbonyl (C=O) groups is 1. The third kappa shape index (κ3) is 6.15. The normalized spacial score (nSPS) is 10.9. The van der Waals surface area contributed by atoms with Crippen LogP contribution in [0.25, 0.3) is 0 Å². The zero-order chi connectivity index (χ0) is 21.3. The van der Waals surface area contributed by atoms with Crippen molar-refractivity contribution >= 4 is 17.2 Å². The van der Waals surface area contributed by atoms with E-state index in [-0.39, 0.29) is 5.91 Å². The van der Waals surface area contributed by atoms with Crippen molar-refractivity contribution < 1.29 is 9.53 Å². The Balaban J connectivity index is 1.55. The lowest BCUT2D eigenvalue weighted by Gasteiger charge is -2.20. The molecule has 0 aliphatic rings. The summed E-state index contributed by atoms with van der Waals surface area (Å²) in [6, 6.07) is 15.5. The monoisotopic (exact) mass is 423 g/mol. The molecule has 1 heterocycles. The number of hydrogen-bond acceptors (Lipinski definition) is 5. The largest absolute Gasteiger partial charge is 0.487 e. The summed E-state index contributed by atoms with van der Waals surface area (Å²) < 4.78 is 5.75. The predicted molar refractivity (Wildman–Crippen MR) is 122 cm³/mol. The molecule has 3 aromatic rings. The summed E-state index contributed by atoms with van der Waals surface area (Å²) in [7, 11) is 0. The molecule has 0 aliphatic carbocycles. The molecule has 0 fully saturated rings. The first-order valence-electron chi connectivity index (χ1n) is 10.3. The first-order chi connectivity index (χ1) is 14.6. The van der Waals surface area contributed by atoms with Crippen LogP contribution in [-0.2, 0) is 19.7 Å². The van der Waals surface area contributed by atoms with Gasteiger partial charge in [-0.05, 0) is 55.4 Å². The maximum Gasteiger partial charge on any atom is 0.251 e. The van der Waals surface area contributed by atoms with E-state index in [0.29, 0.717) is 18.7 Å². The number of carbonyl (C=O) groups excluding carboxylic acids is 1. The molecule has 158 valence electrons. The van der Waals surface area contributed by atoms with Gasteiger partial charge < -0.3 is 10.1 Å². The van der Waals surface area contributed by atoms with Gasteiger partial charge in [-0.15, -0.1) is 11.3 Å². The first-order valence-corrected chi connectivity index (χ1v) is 11.2. The van der Waals surface area contributed by atoms with E-state index in [4.69, 9.17) is 4.74 Å². The fourth-order valence-corrected chi connectivity index (χ4v) is 3.78. The molecule has 5 nitrogen and oxygen atoms in total. The second-order valence-electron chi connectivity index (χ2n) is 7.08. The Kier molecular flexibility index (Phi) is 7.99. The Morgan fingerprint density at radius 2 is 1.77 bits per heavy atom. The maximum atomic E-state index is 12.6. The van der Waals surface area contributed by atoms with Crippen LogP contribution in [-0.4, -0.2) is 28.9 Å². The Bertz CT molecular complexity index is 949. The van der Waals surface area contributed by atoms with Gasteiger partial charge in [0.2, 0.25) is 0 Å². The first kappa shape index (κ1) is 22.0. The molecule has 0 bridgehead atoms. The fourth-order valence-electron chi connectivity index (χ4n) is 3.18. The molecular weight excluding hydrogens is 394 g/mol. The standard InChI is InChI=1S/C24H29N3O2S/c1-4-27(5-2)15-21-9-7-6-8-20(21)14-25-24(28)19-10-12-23(13-11-19)29-16-22-17-30-18(3)26-22/h6-13,17H,4-5,14-16H2,1-3H3,(H,25,28). The number of hydrogen-bond donors (Lipinski definition) is 1. The van der Waals surface area contributed by atoms with Gasteiger partial charge in [-0.3, -0.25) is 9.69 Å². The Morgan fingerprint density at radius 3 is 2.40 bits per heavy atom. The minimum absolute atomic E-state index is 0.0886. The van der Waals surface area contributed by atoms with Crippen molar-refractivity contribution in [2.24, 2.45) is 0 Å². The van der Waals surface area contributed by atoms with Crippen LogP contribution < -0.4 is 10.1 Å². The van der Waals surface area contributed by atoms with Crippen LogP contribution in [0.3, 0.4) is 0 Å². The molecule has 2 aromatic carbocycles. The quantitative estimate of drug-likeness (QED) is 0.509. The molecule has 0 saturated carbocycles. The van der Waals surface area contributed by atoms with Crippen molar-refractivity contribution in [1.82, 2.24) is 15.2 Å². The molecule has 1 aromatic heterocycles. The highest BCUT2D eigenvalue weighted by Crippen LogP contribution is 2.16. The summed E-state index contributed by atoms with van der Waals surface area (Å²) in [5.74, 6) is 0.635. The molecule has 0 spiro atoms. The van der Waals surface area contributed by atoms with Crippen LogP contribution in [0.15, 0.2) is 53.9 Å². The van der Waals surface area contributed by atoms with E-state index in [1.807, 2.05) is 30.5 Å². The highest BCUT2D eigenvalue weighted by atomic mass is 32.1. The highest BCUT2D eigenvalue weighted by molar-refractivity contribution is 7.09. The second kappa shape index (κ2) is 10.9. The molecule has 6 heteroatoms. The van der Waals surface area contributed by atoms with Crippen molar-refractivity contribution in [3.05, 3.63) is 81.3 Å². The predicted octanol–water partition coefficient (Wildman–Crippen LogP) is 4.80. The summed E-state index contributed by atoms with van der Waals surface area (Å²) in [6.07, 6.45) is 0. The summed E-state index contributed by atoms with van der Waals surface area (Å²) in [4.78, 5) is 19.3. The van der Waals surface area contributed by atoms with Crippen LogP contribution in [0.1, 0.15) is 46.0 Å². The van der Waals surface area contributed by atoms with Gasteiger partial charge >= 0.3 is 0 Å². The molecule has 1 N–H and O–H groups in total. The average Bonchev–Trinajstić information content (AvgIpc) is 3.20. The van der Waals surface area contributed by atoms with Gasteiger partial charge in [0, 0.05) is 24.0 Å². The molecule has 0 aliphatic heterocycles. The van der Waals surface area contributed by atoms with E-state index >= 15 is 0 Å². The van der Waals surface area contributed by atoms with E-state index in [9.17, 15) is 4.79 Å². The van der Waals surface area contributed by atoms with E-state index in [1.165, 1.54) is 5.56 Å². The minimum atomic E-state index is -0.0886. The number of amides is 1. The van der Waals surface area contributed by atoms with Gasteiger partial charge in [-0.2, -0.15) is 0 Å². The van der Waals surface area contributed by atoms with E-state index in [1.54, 1.807) is 23.5 Å². The molecule has 3 rings (SSSR count). The second-order valence-corrected chi connectivity index (χ2v) is 8.15. The van der Waals surface area contributed by atoms with Gasteiger partial charge in [0.05, 0.1) is 10.7 Å². The molecular formula is C24H29N3O2S. The number of nitrogens with zero attached hydrogens (tertiary/aromatic N) is 2. The van der Waals surface area contributed by atoms with Crippen molar-refractivity contribution in [2.75, 3.05) is 13.1 Å². The zero-order valence-electron chi connectivity index (χ0n) is 17.9. The van der Waals surface area contributed by atoms with Crippen molar-refractivity contribution in [1.29, 1.82) is 0 Å². The number of aryl methyl sites for hydroxylation is 1. The van der Waals surface area contributed by atoms with Crippen LogP contribution >= 0.6 is 11.3 Å². The number of benzene rings is 2. The number of thiazole rings is 1. The lowest BCUT2D eigenvalue weighted by Crippen LogP contribution is -2.26. The molecule has 0 unspecified atom stereocenters. The molecule has 0 saturated heterocycles. The van der Waals surface area contributed by atoms with Gasteiger partial charge in [-0.25, -0.2) is 4.98 Å². The van der Waals surface area contributed by atoms with Crippen LogP contribution in [0, 0.1) is 6.92 Å². The molecule has 0 radical (unpaired) electrons. The van der Waals surface area contributed by atoms with Crippen molar-refractivity contribution in [3.63, 3.8) is 0 Å². The Hall–Kier alpha value is -2.70. The number of aromatic nitrogens is 1. The highest BCUT2D eigenvalue weighted by Gasteiger charge is 2.10. The summed E-state index contributed by atoms with van der Waals surface area (Å²) in [5.41, 5.74) is 3.94. The smallest absolute Gasteiger partial charge is 0.251 e. The maximum absolute atomic E-state index is 12.6. The Morgan fingerprint density at radius 1 is 1.07 bits per heavy atom. The van der Waals surface area contributed by atoms with Gasteiger partial charge in [-0.1, -0.05) is 38.1 Å². The topological polar surface area (TPSA) is 54.5 Å². The lowest BCUT2D eigenvalue weighted by molar-refractivity contribution is 0.0950. The average molecular weight is 424 g/mol. The van der Waals surface area contributed by atoms with Crippen LogP contribution in [0.2, 0.25) is 0 Å². The van der Waals surface area contributed by atoms with E-state index in [2.05, 4.69) is 47.2 Å². The molecule has 1 amide bonds. The van der Waals surface area contributed by atoms with Crippen LogP contribution in [0.5, 0.6) is 5.75 Å². The third-order valence-corrected chi connectivity index (χ3v) is 5.84. The van der Waals surface area contributed by atoms with Crippen molar-refractivity contribution in [2.45, 2.75) is 40.5 Å². The van der Waals surface area contributed by atoms with Gasteiger partial charge in [0.15, 0.2) is 0 Å². The van der Waals surface area contributed by atoms with E-state index < -0.39 is 0 Å². The Labute approximate surface area is 182 Å². The number of nitrogens with one attached hydrogen (secondary N) is 1. The summed E-state index contributed by atoms with van der Waals surface area (Å²) in [5, 5.41) is 6.06. The zero-order valence-corrected chi connectivity index (χ0v) is 18.7. The summed E-state index contributed by atoms with van der Waals surface area (Å²) in [6.45, 7) is 10.2. The SMILES string of the molecule is CCN(CC)Cc1ccccc1CNC(=O)c1ccc(OCc2csc(C)n2)cc1. The van der Waals surface area contributed by atoms with Crippen LogP contribution in [0.4, 0.5) is 0 Å². The fraction of sp³-hybridized carbons (Fsp3) is 0.333. The lowest BCUT2D eigenvalue weighted by atomic mass is 10.1. The minimum Gasteiger partial charge on any atom is -0.487 e. The summed E-state index contributed by atoms with van der Waals surface area (Å²) >= 11 is 1.61. The number of ether oxygens (including phenoxy) is 1. The van der Waals surface area contributed by atoms with Gasteiger partial charge in [0.1, 0.15) is 12.4 Å². The third-order valence-electron chi connectivity index (χ3n) is 5.02.